The van der Waals surface area contributed by atoms with Gasteiger partial charge in [0.2, 0.25) is 5.91 Å². The van der Waals surface area contributed by atoms with E-state index in [-0.39, 0.29) is 23.0 Å². The van der Waals surface area contributed by atoms with Crippen LogP contribution < -0.4 is 4.90 Å². The molecule has 0 bridgehead atoms. The van der Waals surface area contributed by atoms with Gasteiger partial charge in [0.05, 0.1) is 23.0 Å². The second-order valence-electron chi connectivity index (χ2n) is 9.51. The molecule has 1 heterocycles. The highest BCUT2D eigenvalue weighted by molar-refractivity contribution is 7.85. The van der Waals surface area contributed by atoms with Crippen molar-refractivity contribution in [1.82, 2.24) is 0 Å². The zero-order valence-electron chi connectivity index (χ0n) is 20.7. The van der Waals surface area contributed by atoms with Crippen LogP contribution in [0.1, 0.15) is 36.1 Å². The molecule has 1 amide bonds. The van der Waals surface area contributed by atoms with Gasteiger partial charge in [-0.1, -0.05) is 54.6 Å². The summed E-state index contributed by atoms with van der Waals surface area (Å²) in [5.41, 5.74) is 3.04. The standard InChI is InChI=1S/C30H26FNO6S/c31-22-11-6-20(7-12-22)27(33)17-16-26-29(32(30(26)35)23-4-2-1-3-5-23)25-15-10-21(18-28(25)34)19-8-13-24(14-9-19)39(36,37)38/h1-15,18,26-27,29,33-34H,16-17H2,(H,36,37,38)/t26-,27+,29-/m1/s1. The monoisotopic (exact) mass is 547 g/mol. The fourth-order valence-electron chi connectivity index (χ4n) is 5.04. The van der Waals surface area contributed by atoms with E-state index in [4.69, 9.17) is 0 Å². The van der Waals surface area contributed by atoms with E-state index in [0.29, 0.717) is 34.4 Å². The molecule has 9 heteroatoms. The number of carbonyl (C=O) groups is 1. The number of nitrogens with zero attached hydrogens (tertiary/aromatic N) is 1. The fraction of sp³-hybridized carbons (Fsp3) is 0.167. The maximum absolute atomic E-state index is 13.3. The molecule has 4 aromatic rings. The third-order valence-electron chi connectivity index (χ3n) is 7.09. The minimum atomic E-state index is -4.32. The first-order valence-electron chi connectivity index (χ1n) is 12.4. The molecule has 5 rings (SSSR count). The molecule has 200 valence electrons. The van der Waals surface area contributed by atoms with Crippen molar-refractivity contribution in [3.8, 4) is 16.9 Å². The van der Waals surface area contributed by atoms with Crippen LogP contribution in [0.2, 0.25) is 0 Å². The SMILES string of the molecule is O=C1[C@H](CC[C@H](O)c2ccc(F)cc2)[C@@H](c2ccc(-c3ccc(S(=O)(=O)O)cc3)cc2O)N1c1ccccc1. The lowest BCUT2D eigenvalue weighted by molar-refractivity contribution is -0.131. The van der Waals surface area contributed by atoms with Crippen molar-refractivity contribution in [2.45, 2.75) is 29.9 Å². The van der Waals surface area contributed by atoms with Crippen LogP contribution in [-0.2, 0) is 14.9 Å². The molecule has 0 aliphatic carbocycles. The first-order valence-corrected chi connectivity index (χ1v) is 13.8. The second kappa shape index (κ2) is 10.6. The van der Waals surface area contributed by atoms with E-state index in [0.717, 1.165) is 0 Å². The smallest absolute Gasteiger partial charge is 0.294 e. The largest absolute Gasteiger partial charge is 0.508 e. The molecule has 1 saturated heterocycles. The van der Waals surface area contributed by atoms with Crippen LogP contribution in [0, 0.1) is 11.7 Å². The Bertz CT molecular complexity index is 1590. The Hall–Kier alpha value is -4.05. The molecule has 1 aliphatic heterocycles. The van der Waals surface area contributed by atoms with Crippen LogP contribution in [0.5, 0.6) is 5.75 Å². The normalized spacial score (nSPS) is 18.0. The van der Waals surface area contributed by atoms with E-state index in [9.17, 15) is 32.4 Å². The first kappa shape index (κ1) is 26.6. The van der Waals surface area contributed by atoms with Gasteiger partial charge in [0.1, 0.15) is 11.6 Å². The molecule has 3 N–H and O–H groups in total. The van der Waals surface area contributed by atoms with Crippen LogP contribution in [-0.4, -0.2) is 29.1 Å². The lowest BCUT2D eigenvalue weighted by Crippen LogP contribution is -2.55. The van der Waals surface area contributed by atoms with Crippen LogP contribution in [0.25, 0.3) is 11.1 Å². The number of aliphatic hydroxyl groups excluding tert-OH is 1. The summed E-state index contributed by atoms with van der Waals surface area (Å²) in [5.74, 6) is -1.05. The average Bonchev–Trinajstić information content (AvgIpc) is 2.92. The number of phenols is 1. The molecular weight excluding hydrogens is 521 g/mol. The van der Waals surface area contributed by atoms with E-state index in [1.807, 2.05) is 30.3 Å². The maximum atomic E-state index is 13.3. The van der Waals surface area contributed by atoms with Gasteiger partial charge in [0.15, 0.2) is 0 Å². The Balaban J connectivity index is 1.42. The van der Waals surface area contributed by atoms with Gasteiger partial charge in [-0.2, -0.15) is 8.42 Å². The molecule has 0 saturated carbocycles. The van der Waals surface area contributed by atoms with Gasteiger partial charge in [-0.15, -0.1) is 0 Å². The summed E-state index contributed by atoms with van der Waals surface area (Å²) < 4.78 is 45.2. The Kier molecular flexibility index (Phi) is 7.22. The van der Waals surface area contributed by atoms with Crippen LogP contribution in [0.4, 0.5) is 10.1 Å². The van der Waals surface area contributed by atoms with Crippen LogP contribution in [0.3, 0.4) is 0 Å². The molecule has 0 aromatic heterocycles. The average molecular weight is 548 g/mol. The highest BCUT2D eigenvalue weighted by atomic mass is 32.2. The predicted molar refractivity (Wildman–Crippen MR) is 144 cm³/mol. The summed E-state index contributed by atoms with van der Waals surface area (Å²) in [6, 6.07) is 24.9. The summed E-state index contributed by atoms with van der Waals surface area (Å²) in [4.78, 5) is 14.7. The van der Waals surface area contributed by atoms with Crippen molar-refractivity contribution in [2.75, 3.05) is 4.90 Å². The molecule has 0 unspecified atom stereocenters. The number of anilines is 1. The van der Waals surface area contributed by atoms with E-state index in [1.165, 1.54) is 48.5 Å². The zero-order chi connectivity index (χ0) is 27.7. The molecule has 0 spiro atoms. The predicted octanol–water partition coefficient (Wildman–Crippen LogP) is 5.66. The molecule has 3 atom stereocenters. The van der Waals surface area contributed by atoms with E-state index >= 15 is 0 Å². The number of benzene rings is 4. The van der Waals surface area contributed by atoms with Crippen molar-refractivity contribution in [2.24, 2.45) is 5.92 Å². The third-order valence-corrected chi connectivity index (χ3v) is 7.96. The van der Waals surface area contributed by atoms with Gasteiger partial charge in [-0.05, 0) is 72.0 Å². The minimum Gasteiger partial charge on any atom is -0.508 e. The lowest BCUT2D eigenvalue weighted by atomic mass is 9.77. The summed E-state index contributed by atoms with van der Waals surface area (Å²) in [6.07, 6.45) is -0.240. The van der Waals surface area contributed by atoms with Gasteiger partial charge in [-0.3, -0.25) is 9.35 Å². The number of halogens is 1. The van der Waals surface area contributed by atoms with Crippen LogP contribution >= 0.6 is 0 Å². The Labute approximate surface area is 225 Å². The number of hydrogen-bond donors (Lipinski definition) is 3. The topological polar surface area (TPSA) is 115 Å². The summed E-state index contributed by atoms with van der Waals surface area (Å²) in [5, 5.41) is 21.7. The van der Waals surface area contributed by atoms with E-state index < -0.39 is 34.0 Å². The summed E-state index contributed by atoms with van der Waals surface area (Å²) in [7, 11) is -4.32. The summed E-state index contributed by atoms with van der Waals surface area (Å²) >= 11 is 0. The third kappa shape index (κ3) is 5.42. The van der Waals surface area contributed by atoms with Crippen molar-refractivity contribution in [3.05, 3.63) is 114 Å². The molecule has 4 aromatic carbocycles. The van der Waals surface area contributed by atoms with Crippen molar-refractivity contribution >= 4 is 21.7 Å². The van der Waals surface area contributed by atoms with Gasteiger partial charge in [0.25, 0.3) is 10.1 Å². The number of β-lactam (4-membered cyclic amide) rings is 1. The number of hydrogen-bond acceptors (Lipinski definition) is 5. The van der Waals surface area contributed by atoms with Crippen molar-refractivity contribution < 1.29 is 32.4 Å². The Morgan fingerprint density at radius 1 is 0.872 bits per heavy atom. The molecule has 7 nitrogen and oxygen atoms in total. The van der Waals surface area contributed by atoms with Crippen molar-refractivity contribution in [3.63, 3.8) is 0 Å². The number of aromatic hydroxyl groups is 1. The number of para-hydroxylation sites is 1. The molecule has 0 radical (unpaired) electrons. The van der Waals surface area contributed by atoms with E-state index in [1.54, 1.807) is 23.1 Å². The van der Waals surface area contributed by atoms with Gasteiger partial charge < -0.3 is 15.1 Å². The zero-order valence-corrected chi connectivity index (χ0v) is 21.5. The molecule has 39 heavy (non-hydrogen) atoms. The second-order valence-corrected chi connectivity index (χ2v) is 10.9. The molecular formula is C30H26FNO6S. The van der Waals surface area contributed by atoms with Gasteiger partial charge in [-0.25, -0.2) is 4.39 Å². The fourth-order valence-corrected chi connectivity index (χ4v) is 5.52. The highest BCUT2D eigenvalue weighted by Gasteiger charge is 2.49. The number of rotatable bonds is 8. The van der Waals surface area contributed by atoms with E-state index in [2.05, 4.69) is 0 Å². The lowest BCUT2D eigenvalue weighted by Gasteiger charge is -2.48. The first-order chi connectivity index (χ1) is 18.6. The van der Waals surface area contributed by atoms with Gasteiger partial charge >= 0.3 is 0 Å². The number of aliphatic hydroxyl groups is 1. The minimum absolute atomic E-state index is 0.0335. The molecule has 1 fully saturated rings. The number of phenolic OH excluding ortho intramolecular Hbond substituents is 1. The Morgan fingerprint density at radius 2 is 1.51 bits per heavy atom. The van der Waals surface area contributed by atoms with Crippen molar-refractivity contribution in [1.29, 1.82) is 0 Å². The van der Waals surface area contributed by atoms with Crippen LogP contribution in [0.15, 0.2) is 102 Å². The Morgan fingerprint density at radius 3 is 2.13 bits per heavy atom. The summed E-state index contributed by atoms with van der Waals surface area (Å²) in [6.45, 7) is 0. The quantitative estimate of drug-likeness (QED) is 0.194. The number of amides is 1. The maximum Gasteiger partial charge on any atom is 0.294 e. The van der Waals surface area contributed by atoms with Gasteiger partial charge in [0, 0.05) is 11.3 Å². The molecule has 1 aliphatic rings. The number of carbonyl (C=O) groups excluding carboxylic acids is 1. The highest BCUT2D eigenvalue weighted by Crippen LogP contribution is 2.49.